The number of nitrogens with zero attached hydrogens (tertiary/aromatic N) is 1. The van der Waals surface area contributed by atoms with Crippen LogP contribution in [-0.2, 0) is 5.54 Å². The second kappa shape index (κ2) is 6.95. The largest absolute Gasteiger partial charge is 0.393 e. The van der Waals surface area contributed by atoms with E-state index in [1.807, 2.05) is 6.07 Å². The standard InChI is InChI=1S/C19H27N3O2/c1-3-14-6-9-19(2,15-4-5-18(24)20-12-15)21-17(14)13-22-10-7-16(23)8-11-22/h4-6,9,12,16,21,23H,3,7-8,10-11,13H2,1-2H3,(H,20,24). The van der Waals surface area contributed by atoms with Gasteiger partial charge in [-0.25, -0.2) is 0 Å². The lowest BCUT2D eigenvalue weighted by atomic mass is 9.88. The number of likely N-dealkylation sites (tertiary alicyclic amines) is 1. The number of pyridine rings is 1. The molecule has 1 unspecified atom stereocenters. The molecule has 0 radical (unpaired) electrons. The molecule has 1 saturated heterocycles. The SMILES string of the molecule is CCC1=C(CN2CCC(O)CC2)NC(C)(c2ccc(=O)[nH]c2)C=C1. The summed E-state index contributed by atoms with van der Waals surface area (Å²) in [6, 6.07) is 3.45. The number of hydrogen-bond donors (Lipinski definition) is 3. The number of nitrogens with one attached hydrogen (secondary N) is 2. The van der Waals surface area contributed by atoms with Gasteiger partial charge in [0.1, 0.15) is 0 Å². The van der Waals surface area contributed by atoms with Crippen molar-refractivity contribution in [2.75, 3.05) is 19.6 Å². The van der Waals surface area contributed by atoms with Crippen LogP contribution in [0, 0.1) is 0 Å². The van der Waals surface area contributed by atoms with Gasteiger partial charge in [0.15, 0.2) is 0 Å². The molecule has 2 aliphatic rings. The van der Waals surface area contributed by atoms with Crippen molar-refractivity contribution in [1.82, 2.24) is 15.2 Å². The molecule has 130 valence electrons. The number of dihydropyridines is 1. The summed E-state index contributed by atoms with van der Waals surface area (Å²) in [4.78, 5) is 16.5. The minimum absolute atomic E-state index is 0.0842. The lowest BCUT2D eigenvalue weighted by Crippen LogP contribution is -2.45. The van der Waals surface area contributed by atoms with Crippen LogP contribution < -0.4 is 10.9 Å². The number of hydrogen-bond acceptors (Lipinski definition) is 4. The molecular weight excluding hydrogens is 302 g/mol. The first-order valence-corrected chi connectivity index (χ1v) is 8.79. The van der Waals surface area contributed by atoms with E-state index in [0.29, 0.717) is 0 Å². The van der Waals surface area contributed by atoms with E-state index in [4.69, 9.17) is 0 Å². The third-order valence-corrected chi connectivity index (χ3v) is 5.12. The molecule has 0 aromatic carbocycles. The molecule has 0 spiro atoms. The molecule has 0 amide bonds. The molecule has 3 N–H and O–H groups in total. The summed E-state index contributed by atoms with van der Waals surface area (Å²) in [6.45, 7) is 7.04. The third-order valence-electron chi connectivity index (χ3n) is 5.12. The normalized spacial score (nSPS) is 25.8. The molecule has 2 aliphatic heterocycles. The highest BCUT2D eigenvalue weighted by atomic mass is 16.3. The highest BCUT2D eigenvalue weighted by Crippen LogP contribution is 2.29. The highest BCUT2D eigenvalue weighted by molar-refractivity contribution is 5.39. The van der Waals surface area contributed by atoms with Gasteiger partial charge in [0.05, 0.1) is 11.6 Å². The van der Waals surface area contributed by atoms with Crippen LogP contribution in [0.4, 0.5) is 0 Å². The molecule has 0 aliphatic carbocycles. The molecule has 1 atom stereocenters. The molecule has 1 fully saturated rings. The van der Waals surface area contributed by atoms with Crippen molar-refractivity contribution in [2.24, 2.45) is 0 Å². The van der Waals surface area contributed by atoms with Crippen molar-refractivity contribution in [3.63, 3.8) is 0 Å². The number of aromatic nitrogens is 1. The second-order valence-corrected chi connectivity index (χ2v) is 6.97. The van der Waals surface area contributed by atoms with Crippen LogP contribution in [0.1, 0.15) is 38.7 Å². The zero-order valence-corrected chi connectivity index (χ0v) is 14.5. The maximum Gasteiger partial charge on any atom is 0.247 e. The average Bonchev–Trinajstić information content (AvgIpc) is 2.58. The van der Waals surface area contributed by atoms with E-state index in [0.717, 1.165) is 44.5 Å². The van der Waals surface area contributed by atoms with Crippen LogP contribution in [0.25, 0.3) is 0 Å². The van der Waals surface area contributed by atoms with Crippen molar-refractivity contribution < 1.29 is 5.11 Å². The van der Waals surface area contributed by atoms with Gasteiger partial charge in [0, 0.05) is 37.6 Å². The first-order chi connectivity index (χ1) is 11.5. The van der Waals surface area contributed by atoms with Gasteiger partial charge < -0.3 is 15.4 Å². The van der Waals surface area contributed by atoms with Crippen molar-refractivity contribution in [2.45, 2.75) is 44.8 Å². The number of allylic oxidation sites excluding steroid dienone is 2. The summed E-state index contributed by atoms with van der Waals surface area (Å²) in [6.07, 6.45) is 8.69. The van der Waals surface area contributed by atoms with Crippen LogP contribution in [0.3, 0.4) is 0 Å². The minimum Gasteiger partial charge on any atom is -0.393 e. The molecule has 3 heterocycles. The zero-order chi connectivity index (χ0) is 17.2. The maximum atomic E-state index is 11.3. The molecular formula is C19H27N3O2. The Balaban J connectivity index is 1.79. The van der Waals surface area contributed by atoms with Crippen LogP contribution in [0.5, 0.6) is 0 Å². The predicted octanol–water partition coefficient (Wildman–Crippen LogP) is 1.87. The van der Waals surface area contributed by atoms with Gasteiger partial charge in [-0.1, -0.05) is 19.1 Å². The third kappa shape index (κ3) is 3.62. The first kappa shape index (κ1) is 17.0. The summed E-state index contributed by atoms with van der Waals surface area (Å²) < 4.78 is 0. The Morgan fingerprint density at radius 3 is 2.71 bits per heavy atom. The van der Waals surface area contributed by atoms with Crippen LogP contribution in [0.15, 0.2) is 46.5 Å². The van der Waals surface area contributed by atoms with Gasteiger partial charge in [0.25, 0.3) is 0 Å². The quantitative estimate of drug-likeness (QED) is 0.789. The number of piperidine rings is 1. The smallest absolute Gasteiger partial charge is 0.247 e. The van der Waals surface area contributed by atoms with E-state index in [9.17, 15) is 9.90 Å². The fourth-order valence-electron chi connectivity index (χ4n) is 3.48. The van der Waals surface area contributed by atoms with E-state index in [1.54, 1.807) is 12.3 Å². The molecule has 5 heteroatoms. The second-order valence-electron chi connectivity index (χ2n) is 6.97. The van der Waals surface area contributed by atoms with Gasteiger partial charge in [-0.05, 0) is 43.4 Å². The van der Waals surface area contributed by atoms with E-state index in [2.05, 4.69) is 41.2 Å². The van der Waals surface area contributed by atoms with E-state index >= 15 is 0 Å². The molecule has 5 nitrogen and oxygen atoms in total. The Bertz CT molecular complexity index is 678. The van der Waals surface area contributed by atoms with E-state index < -0.39 is 0 Å². The monoisotopic (exact) mass is 329 g/mol. The van der Waals surface area contributed by atoms with E-state index in [1.165, 1.54) is 11.3 Å². The molecule has 24 heavy (non-hydrogen) atoms. The number of aliphatic hydroxyl groups is 1. The van der Waals surface area contributed by atoms with Gasteiger partial charge in [-0.2, -0.15) is 0 Å². The number of aromatic amines is 1. The summed E-state index contributed by atoms with van der Waals surface area (Å²) >= 11 is 0. The molecule has 1 aromatic heterocycles. The Morgan fingerprint density at radius 2 is 2.08 bits per heavy atom. The Labute approximate surface area is 143 Å². The van der Waals surface area contributed by atoms with Crippen molar-refractivity contribution >= 4 is 0 Å². The Morgan fingerprint density at radius 1 is 1.33 bits per heavy atom. The van der Waals surface area contributed by atoms with Crippen LogP contribution in [0.2, 0.25) is 0 Å². The maximum absolute atomic E-state index is 11.3. The highest BCUT2D eigenvalue weighted by Gasteiger charge is 2.29. The lowest BCUT2D eigenvalue weighted by molar-refractivity contribution is 0.0856. The fourth-order valence-corrected chi connectivity index (χ4v) is 3.48. The van der Waals surface area contributed by atoms with Crippen molar-refractivity contribution in [3.05, 3.63) is 57.7 Å². The van der Waals surface area contributed by atoms with Crippen LogP contribution in [-0.4, -0.2) is 40.7 Å². The van der Waals surface area contributed by atoms with Crippen LogP contribution >= 0.6 is 0 Å². The van der Waals surface area contributed by atoms with E-state index in [-0.39, 0.29) is 17.2 Å². The first-order valence-electron chi connectivity index (χ1n) is 8.79. The van der Waals surface area contributed by atoms with Crippen molar-refractivity contribution in [1.29, 1.82) is 0 Å². The lowest BCUT2D eigenvalue weighted by Gasteiger charge is -2.38. The van der Waals surface area contributed by atoms with Gasteiger partial charge in [0.2, 0.25) is 5.56 Å². The summed E-state index contributed by atoms with van der Waals surface area (Å²) in [7, 11) is 0. The zero-order valence-electron chi connectivity index (χ0n) is 14.5. The number of H-pyrrole nitrogens is 1. The number of aliphatic hydroxyl groups excluding tert-OH is 1. The number of rotatable bonds is 4. The summed E-state index contributed by atoms with van der Waals surface area (Å²) in [5.41, 5.74) is 3.19. The fraction of sp³-hybridized carbons (Fsp3) is 0.526. The van der Waals surface area contributed by atoms with Gasteiger partial charge >= 0.3 is 0 Å². The predicted molar refractivity (Wildman–Crippen MR) is 95.7 cm³/mol. The molecule has 0 bridgehead atoms. The molecule has 3 rings (SSSR count). The molecule has 0 saturated carbocycles. The van der Waals surface area contributed by atoms with Crippen molar-refractivity contribution in [3.8, 4) is 0 Å². The average molecular weight is 329 g/mol. The minimum atomic E-state index is -0.326. The Hall–Kier alpha value is -1.85. The Kier molecular flexibility index (Phi) is 4.92. The summed E-state index contributed by atoms with van der Waals surface area (Å²) in [5.74, 6) is 0. The topological polar surface area (TPSA) is 68.4 Å². The van der Waals surface area contributed by atoms with Gasteiger partial charge in [-0.15, -0.1) is 0 Å². The molecule has 1 aromatic rings. The van der Waals surface area contributed by atoms with Gasteiger partial charge in [-0.3, -0.25) is 9.69 Å². The summed E-state index contributed by atoms with van der Waals surface area (Å²) in [5, 5.41) is 13.4.